The number of aryl methyl sites for hydroxylation is 2. The molecule has 30 heavy (non-hydrogen) atoms. The van der Waals surface area contributed by atoms with E-state index in [4.69, 9.17) is 4.74 Å². The van der Waals surface area contributed by atoms with Crippen LogP contribution in [0, 0.1) is 20.8 Å². The van der Waals surface area contributed by atoms with Gasteiger partial charge in [-0.05, 0) is 62.2 Å². The Morgan fingerprint density at radius 3 is 2.47 bits per heavy atom. The van der Waals surface area contributed by atoms with E-state index < -0.39 is 11.8 Å². The fourth-order valence-electron chi connectivity index (χ4n) is 2.95. The van der Waals surface area contributed by atoms with Gasteiger partial charge in [-0.3, -0.25) is 9.59 Å². The third kappa shape index (κ3) is 5.04. The van der Waals surface area contributed by atoms with Crippen molar-refractivity contribution >= 4 is 28.8 Å². The summed E-state index contributed by atoms with van der Waals surface area (Å²) in [6, 6.07) is 13.3. The zero-order chi connectivity index (χ0) is 21.7. The number of carbonyl (C=O) groups excluding carboxylic acids is 2. The number of rotatable bonds is 6. The molecule has 0 aliphatic heterocycles. The highest BCUT2D eigenvalue weighted by atomic mass is 32.1. The van der Waals surface area contributed by atoms with E-state index in [1.165, 1.54) is 0 Å². The largest absolute Gasteiger partial charge is 0.497 e. The van der Waals surface area contributed by atoms with Crippen LogP contribution in [0.1, 0.15) is 21.7 Å². The highest BCUT2D eigenvalue weighted by Gasteiger charge is 2.15. The summed E-state index contributed by atoms with van der Waals surface area (Å²) in [5.41, 5.74) is 4.61. The van der Waals surface area contributed by atoms with Crippen LogP contribution in [0.25, 0.3) is 10.6 Å². The van der Waals surface area contributed by atoms with Gasteiger partial charge in [-0.25, -0.2) is 4.98 Å². The maximum absolute atomic E-state index is 12.2. The third-order valence-electron chi connectivity index (χ3n) is 4.93. The lowest BCUT2D eigenvalue weighted by atomic mass is 10.1. The number of aromatic nitrogens is 1. The van der Waals surface area contributed by atoms with E-state index in [-0.39, 0.29) is 0 Å². The summed E-state index contributed by atoms with van der Waals surface area (Å²) < 4.78 is 5.19. The molecule has 156 valence electrons. The molecule has 0 spiro atoms. The number of hydrogen-bond donors (Lipinski definition) is 2. The number of benzene rings is 2. The molecule has 0 aliphatic carbocycles. The normalized spacial score (nSPS) is 10.5. The Morgan fingerprint density at radius 2 is 1.77 bits per heavy atom. The molecule has 6 nitrogen and oxygen atoms in total. The predicted octanol–water partition coefficient (Wildman–Crippen LogP) is 4.04. The number of hydrogen-bond acceptors (Lipinski definition) is 5. The molecule has 0 saturated heterocycles. The van der Waals surface area contributed by atoms with Gasteiger partial charge in [0.1, 0.15) is 10.8 Å². The Hall–Kier alpha value is -3.19. The van der Waals surface area contributed by atoms with Crippen molar-refractivity contribution in [2.45, 2.75) is 27.2 Å². The highest BCUT2D eigenvalue weighted by molar-refractivity contribution is 7.15. The lowest BCUT2D eigenvalue weighted by Gasteiger charge is -2.10. The molecule has 0 unspecified atom stereocenters. The number of carbonyl (C=O) groups is 2. The topological polar surface area (TPSA) is 80.3 Å². The first-order valence-electron chi connectivity index (χ1n) is 9.65. The van der Waals surface area contributed by atoms with Crippen molar-refractivity contribution in [2.24, 2.45) is 0 Å². The summed E-state index contributed by atoms with van der Waals surface area (Å²) in [5, 5.41) is 6.28. The Kier molecular flexibility index (Phi) is 6.84. The molecule has 7 heteroatoms. The molecule has 2 N–H and O–H groups in total. The van der Waals surface area contributed by atoms with E-state index in [1.807, 2.05) is 57.2 Å². The van der Waals surface area contributed by atoms with Gasteiger partial charge < -0.3 is 15.4 Å². The number of ether oxygens (including phenoxy) is 1. The average Bonchev–Trinajstić information content (AvgIpc) is 3.12. The molecule has 0 bridgehead atoms. The van der Waals surface area contributed by atoms with Gasteiger partial charge in [0, 0.05) is 29.1 Å². The van der Waals surface area contributed by atoms with Gasteiger partial charge in [0.15, 0.2) is 0 Å². The summed E-state index contributed by atoms with van der Waals surface area (Å²) in [4.78, 5) is 30.1. The minimum Gasteiger partial charge on any atom is -0.497 e. The van der Waals surface area contributed by atoms with Crippen molar-refractivity contribution in [1.29, 1.82) is 0 Å². The lowest BCUT2D eigenvalue weighted by Crippen LogP contribution is -2.36. The first kappa shape index (κ1) is 21.5. The molecule has 1 aromatic heterocycles. The van der Waals surface area contributed by atoms with Gasteiger partial charge >= 0.3 is 11.8 Å². The van der Waals surface area contributed by atoms with E-state index in [9.17, 15) is 9.59 Å². The fourth-order valence-corrected chi connectivity index (χ4v) is 4.02. The quantitative estimate of drug-likeness (QED) is 0.587. The van der Waals surface area contributed by atoms with Gasteiger partial charge in [0.2, 0.25) is 0 Å². The summed E-state index contributed by atoms with van der Waals surface area (Å²) >= 11 is 1.59. The lowest BCUT2D eigenvalue weighted by molar-refractivity contribution is -0.136. The average molecular weight is 424 g/mol. The van der Waals surface area contributed by atoms with Crippen LogP contribution < -0.4 is 15.4 Å². The Morgan fingerprint density at radius 1 is 1.03 bits per heavy atom. The molecule has 3 aromatic rings. The second kappa shape index (κ2) is 9.54. The van der Waals surface area contributed by atoms with E-state index in [2.05, 4.69) is 15.6 Å². The molecule has 2 aromatic carbocycles. The summed E-state index contributed by atoms with van der Waals surface area (Å²) in [6.07, 6.45) is 0.613. The second-order valence-corrected chi connectivity index (χ2v) is 8.05. The molecule has 2 amide bonds. The van der Waals surface area contributed by atoms with Crippen LogP contribution >= 0.6 is 11.3 Å². The zero-order valence-corrected chi connectivity index (χ0v) is 18.4. The van der Waals surface area contributed by atoms with Crippen molar-refractivity contribution in [3.05, 3.63) is 64.2 Å². The number of methoxy groups -OCH3 is 1. The van der Waals surface area contributed by atoms with Crippen LogP contribution in [-0.2, 0) is 16.0 Å². The number of thiazole rings is 1. The van der Waals surface area contributed by atoms with Crippen LogP contribution in [0.15, 0.2) is 42.5 Å². The van der Waals surface area contributed by atoms with Crippen molar-refractivity contribution < 1.29 is 14.3 Å². The molecule has 0 saturated carbocycles. The maximum Gasteiger partial charge on any atom is 0.313 e. The van der Waals surface area contributed by atoms with Gasteiger partial charge in [0.05, 0.1) is 12.8 Å². The third-order valence-corrected chi connectivity index (χ3v) is 6.19. The number of nitrogens with zero attached hydrogens (tertiary/aromatic N) is 1. The Bertz CT molecular complexity index is 1060. The molecule has 0 radical (unpaired) electrons. The minimum atomic E-state index is -0.663. The van der Waals surface area contributed by atoms with Crippen molar-refractivity contribution in [2.75, 3.05) is 19.0 Å². The second-order valence-electron chi connectivity index (χ2n) is 6.96. The molecule has 3 rings (SSSR count). The summed E-state index contributed by atoms with van der Waals surface area (Å²) in [6.45, 7) is 6.19. The van der Waals surface area contributed by atoms with Crippen LogP contribution in [-0.4, -0.2) is 30.5 Å². The number of amides is 2. The fraction of sp³-hybridized carbons (Fsp3) is 0.261. The summed E-state index contributed by atoms with van der Waals surface area (Å²) in [7, 11) is 1.64. The SMILES string of the molecule is COc1ccc(-c2nc(C)c(CCNC(=O)C(=O)Nc3cccc(C)c3C)s2)cc1. The van der Waals surface area contributed by atoms with Crippen molar-refractivity contribution in [3.8, 4) is 16.3 Å². The zero-order valence-electron chi connectivity index (χ0n) is 17.5. The molecule has 0 fully saturated rings. The van der Waals surface area contributed by atoms with Crippen LogP contribution in [0.2, 0.25) is 0 Å². The maximum atomic E-state index is 12.2. The van der Waals surface area contributed by atoms with Gasteiger partial charge in [0.25, 0.3) is 0 Å². The van der Waals surface area contributed by atoms with Crippen LogP contribution in [0.5, 0.6) is 5.75 Å². The molecule has 1 heterocycles. The first-order chi connectivity index (χ1) is 14.4. The molecule has 0 atom stereocenters. The smallest absolute Gasteiger partial charge is 0.313 e. The number of anilines is 1. The van der Waals surface area contributed by atoms with E-state index in [0.29, 0.717) is 18.7 Å². The van der Waals surface area contributed by atoms with Crippen molar-refractivity contribution in [1.82, 2.24) is 10.3 Å². The van der Waals surface area contributed by atoms with E-state index in [0.717, 1.165) is 38.0 Å². The molecular formula is C23H25N3O3S. The summed E-state index contributed by atoms with van der Waals surface area (Å²) in [5.74, 6) is -0.508. The van der Waals surface area contributed by atoms with E-state index >= 15 is 0 Å². The standard InChI is InChI=1S/C23H25N3O3S/c1-14-6-5-7-19(15(14)2)26-22(28)21(27)24-13-12-20-16(3)25-23(30-20)17-8-10-18(29-4)11-9-17/h5-11H,12-13H2,1-4H3,(H,24,27)(H,26,28). The van der Waals surface area contributed by atoms with E-state index in [1.54, 1.807) is 24.5 Å². The van der Waals surface area contributed by atoms with Gasteiger partial charge in [-0.2, -0.15) is 0 Å². The predicted molar refractivity (Wildman–Crippen MR) is 120 cm³/mol. The monoisotopic (exact) mass is 423 g/mol. The molecule has 0 aliphatic rings. The van der Waals surface area contributed by atoms with Gasteiger partial charge in [-0.15, -0.1) is 11.3 Å². The van der Waals surface area contributed by atoms with Crippen LogP contribution in [0.4, 0.5) is 5.69 Å². The minimum absolute atomic E-state index is 0.365. The Balaban J connectivity index is 1.55. The van der Waals surface area contributed by atoms with Crippen molar-refractivity contribution in [3.63, 3.8) is 0 Å². The number of nitrogens with one attached hydrogen (secondary N) is 2. The Labute approximate surface area is 180 Å². The van der Waals surface area contributed by atoms with Crippen LogP contribution in [0.3, 0.4) is 0 Å². The first-order valence-corrected chi connectivity index (χ1v) is 10.5. The van der Waals surface area contributed by atoms with Gasteiger partial charge in [-0.1, -0.05) is 12.1 Å². The molecular weight excluding hydrogens is 398 g/mol. The highest BCUT2D eigenvalue weighted by Crippen LogP contribution is 2.29.